The minimum Gasteiger partial charge on any atom is -0.493 e. The number of carbonyl (C=O) groups is 1. The number of ether oxygens (including phenoxy) is 1. The van der Waals surface area contributed by atoms with Gasteiger partial charge in [0, 0.05) is 24.7 Å². The summed E-state index contributed by atoms with van der Waals surface area (Å²) in [6.45, 7) is 5.35. The van der Waals surface area contributed by atoms with E-state index < -0.39 is 0 Å². The van der Waals surface area contributed by atoms with Crippen molar-refractivity contribution in [1.82, 2.24) is 15.3 Å². The van der Waals surface area contributed by atoms with Crippen LogP contribution in [0.1, 0.15) is 47.3 Å². The maximum atomic E-state index is 13.8. The van der Waals surface area contributed by atoms with E-state index >= 15 is 0 Å². The molecular weight excluding hydrogens is 426 g/mol. The van der Waals surface area contributed by atoms with Gasteiger partial charge < -0.3 is 15.4 Å². The van der Waals surface area contributed by atoms with E-state index in [1.54, 1.807) is 6.20 Å². The predicted octanol–water partition coefficient (Wildman–Crippen LogP) is 4.23. The molecule has 2 aliphatic rings. The normalized spacial score (nSPS) is 16.4. The molecule has 0 unspecified atom stereocenters. The summed E-state index contributed by atoms with van der Waals surface area (Å²) in [6, 6.07) is 17.8. The van der Waals surface area contributed by atoms with Gasteiger partial charge in [-0.1, -0.05) is 30.3 Å². The number of amides is 1. The van der Waals surface area contributed by atoms with E-state index in [1.807, 2.05) is 47.4 Å². The highest BCUT2D eigenvalue weighted by Crippen LogP contribution is 2.28. The fourth-order valence-corrected chi connectivity index (χ4v) is 4.67. The maximum Gasteiger partial charge on any atom is 0.259 e. The zero-order valence-electron chi connectivity index (χ0n) is 19.5. The van der Waals surface area contributed by atoms with Crippen molar-refractivity contribution in [3.8, 4) is 5.75 Å². The number of piperidine rings is 1. The van der Waals surface area contributed by atoms with E-state index in [0.29, 0.717) is 36.4 Å². The minimum atomic E-state index is -0.0333. The molecule has 2 N–H and O–H groups in total. The lowest BCUT2D eigenvalue weighted by Gasteiger charge is -2.30. The Balaban J connectivity index is 1.41. The summed E-state index contributed by atoms with van der Waals surface area (Å²) >= 11 is 0. The quantitative estimate of drug-likeness (QED) is 0.553. The van der Waals surface area contributed by atoms with E-state index in [1.165, 1.54) is 0 Å². The lowest BCUT2D eigenvalue weighted by atomic mass is 9.97. The predicted molar refractivity (Wildman–Crippen MR) is 133 cm³/mol. The summed E-state index contributed by atoms with van der Waals surface area (Å²) in [7, 11) is 0. The molecule has 7 heteroatoms. The van der Waals surface area contributed by atoms with E-state index in [4.69, 9.17) is 9.72 Å². The summed E-state index contributed by atoms with van der Waals surface area (Å²) in [5.41, 5.74) is 2.91. The Hall–Kier alpha value is -3.45. The fraction of sp³-hybridized carbons (Fsp3) is 0.370. The number of benzene rings is 2. The average Bonchev–Trinajstić information content (AvgIpc) is 3.36. The molecule has 0 spiro atoms. The second-order valence-corrected chi connectivity index (χ2v) is 9.05. The first kappa shape index (κ1) is 22.3. The van der Waals surface area contributed by atoms with Crippen LogP contribution in [0.15, 0.2) is 60.8 Å². The molecule has 5 rings (SSSR count). The van der Waals surface area contributed by atoms with Crippen molar-refractivity contribution in [2.24, 2.45) is 5.92 Å². The number of rotatable bonds is 7. The van der Waals surface area contributed by atoms with Crippen LogP contribution < -0.4 is 20.3 Å². The van der Waals surface area contributed by atoms with Crippen molar-refractivity contribution in [3.05, 3.63) is 77.5 Å². The average molecular weight is 458 g/mol. The Morgan fingerprint density at radius 1 is 1.18 bits per heavy atom. The van der Waals surface area contributed by atoms with Gasteiger partial charge in [0.1, 0.15) is 11.6 Å². The lowest BCUT2D eigenvalue weighted by Crippen LogP contribution is -2.40. The molecule has 0 radical (unpaired) electrons. The first-order valence-corrected chi connectivity index (χ1v) is 12.1. The monoisotopic (exact) mass is 457 g/mol. The fourth-order valence-electron chi connectivity index (χ4n) is 4.67. The maximum absolute atomic E-state index is 13.8. The molecular formula is C27H31N5O2. The second-order valence-electron chi connectivity index (χ2n) is 9.05. The largest absolute Gasteiger partial charge is 0.493 e. The lowest BCUT2D eigenvalue weighted by molar-refractivity contribution is 0.0980. The number of nitrogens with one attached hydrogen (secondary N) is 2. The molecule has 176 valence electrons. The molecule has 2 aromatic carbocycles. The molecule has 7 nitrogen and oxygen atoms in total. The van der Waals surface area contributed by atoms with Gasteiger partial charge in [-0.15, -0.1) is 0 Å². The number of carbonyl (C=O) groups excluding carboxylic acids is 1. The Morgan fingerprint density at radius 3 is 2.82 bits per heavy atom. The van der Waals surface area contributed by atoms with Crippen molar-refractivity contribution in [2.45, 2.75) is 32.2 Å². The first-order chi connectivity index (χ1) is 16.7. The molecule has 1 amide bonds. The van der Waals surface area contributed by atoms with Gasteiger partial charge in [0.2, 0.25) is 5.95 Å². The Morgan fingerprint density at radius 2 is 2.00 bits per heavy atom. The van der Waals surface area contributed by atoms with Gasteiger partial charge in [0.25, 0.3) is 5.91 Å². The molecule has 34 heavy (non-hydrogen) atoms. The second kappa shape index (κ2) is 10.2. The van der Waals surface area contributed by atoms with Crippen LogP contribution in [0.4, 0.5) is 11.8 Å². The van der Waals surface area contributed by atoms with Gasteiger partial charge in [-0.3, -0.25) is 9.69 Å². The van der Waals surface area contributed by atoms with Crippen molar-refractivity contribution >= 4 is 17.7 Å². The van der Waals surface area contributed by atoms with Crippen LogP contribution in [0, 0.1) is 5.92 Å². The molecule has 2 aliphatic heterocycles. The number of nitrogens with zero attached hydrogens (tertiary/aromatic N) is 3. The van der Waals surface area contributed by atoms with Crippen molar-refractivity contribution < 1.29 is 9.53 Å². The highest BCUT2D eigenvalue weighted by Gasteiger charge is 2.26. The van der Waals surface area contributed by atoms with Crippen LogP contribution in [0.25, 0.3) is 0 Å². The number of aromatic nitrogens is 2. The standard InChI is InChI=1S/C27H31N5O2/c1-19(21-5-3-2-4-6-21)30-27-29-15-11-25(31-27)32(18-20-9-13-28-14-10-20)26(33)23-7-8-24-22(17-23)12-16-34-24/h2-8,11,15,17,19-20,28H,9-10,12-14,16,18H2,1H3,(H,29,30,31)/t19-/m0/s1. The third-order valence-electron chi connectivity index (χ3n) is 6.64. The third kappa shape index (κ3) is 5.04. The van der Waals surface area contributed by atoms with Gasteiger partial charge in [-0.05, 0) is 74.2 Å². The van der Waals surface area contributed by atoms with Gasteiger partial charge in [0.15, 0.2) is 0 Å². The summed E-state index contributed by atoms with van der Waals surface area (Å²) in [4.78, 5) is 24.8. The van der Waals surface area contributed by atoms with Crippen LogP contribution in [-0.2, 0) is 6.42 Å². The molecule has 0 aliphatic carbocycles. The molecule has 3 aromatic rings. The van der Waals surface area contributed by atoms with E-state index in [2.05, 4.69) is 34.7 Å². The van der Waals surface area contributed by atoms with Crippen LogP contribution in [0.3, 0.4) is 0 Å². The third-order valence-corrected chi connectivity index (χ3v) is 6.64. The van der Waals surface area contributed by atoms with Crippen LogP contribution in [0.5, 0.6) is 5.75 Å². The van der Waals surface area contributed by atoms with Crippen molar-refractivity contribution in [2.75, 3.05) is 36.5 Å². The van der Waals surface area contributed by atoms with E-state index in [9.17, 15) is 4.79 Å². The number of fused-ring (bicyclic) bond motifs is 1. The molecule has 1 fully saturated rings. The number of anilines is 2. The van der Waals surface area contributed by atoms with Gasteiger partial charge in [-0.25, -0.2) is 4.98 Å². The zero-order valence-corrected chi connectivity index (χ0v) is 19.5. The minimum absolute atomic E-state index is 0.0333. The smallest absolute Gasteiger partial charge is 0.259 e. The Labute approximate surface area is 200 Å². The molecule has 1 aromatic heterocycles. The van der Waals surface area contributed by atoms with Gasteiger partial charge >= 0.3 is 0 Å². The highest BCUT2D eigenvalue weighted by atomic mass is 16.5. The van der Waals surface area contributed by atoms with E-state index in [-0.39, 0.29) is 11.9 Å². The molecule has 0 saturated carbocycles. The van der Waals surface area contributed by atoms with E-state index in [0.717, 1.165) is 49.2 Å². The Kier molecular flexibility index (Phi) is 6.72. The summed E-state index contributed by atoms with van der Waals surface area (Å²) < 4.78 is 5.63. The molecule has 1 atom stereocenters. The van der Waals surface area contributed by atoms with Crippen molar-refractivity contribution in [3.63, 3.8) is 0 Å². The Bertz CT molecular complexity index is 1130. The highest BCUT2D eigenvalue weighted by molar-refractivity contribution is 6.05. The van der Waals surface area contributed by atoms with Crippen LogP contribution >= 0.6 is 0 Å². The topological polar surface area (TPSA) is 79.4 Å². The molecule has 3 heterocycles. The summed E-state index contributed by atoms with van der Waals surface area (Å²) in [5, 5.41) is 6.79. The summed E-state index contributed by atoms with van der Waals surface area (Å²) in [6.07, 6.45) is 4.65. The SMILES string of the molecule is C[C@H](Nc1nccc(N(CC2CCNCC2)C(=O)c2ccc3c(c2)CCO3)n1)c1ccccc1. The summed E-state index contributed by atoms with van der Waals surface area (Å²) in [5.74, 6) is 2.41. The van der Waals surface area contributed by atoms with Crippen LogP contribution in [-0.4, -0.2) is 42.1 Å². The zero-order chi connectivity index (χ0) is 23.3. The first-order valence-electron chi connectivity index (χ1n) is 12.1. The van der Waals surface area contributed by atoms with Crippen molar-refractivity contribution in [1.29, 1.82) is 0 Å². The molecule has 0 bridgehead atoms. The number of hydrogen-bond acceptors (Lipinski definition) is 6. The van der Waals surface area contributed by atoms with Gasteiger partial charge in [-0.2, -0.15) is 4.98 Å². The molecule has 1 saturated heterocycles. The van der Waals surface area contributed by atoms with Crippen LogP contribution in [0.2, 0.25) is 0 Å². The van der Waals surface area contributed by atoms with Gasteiger partial charge in [0.05, 0.1) is 12.6 Å². The number of hydrogen-bond donors (Lipinski definition) is 2.